The van der Waals surface area contributed by atoms with Crippen LogP contribution in [0.1, 0.15) is 88.6 Å². The molecular formula is C44H48ClFN10O5. The SMILES string of the molecule is C[C@H]1CC2(CCN(c3cnc(C(=O)N4CCN(CC5CCN(c6cc7c(cc6F)C(=O)N(C6CCC(=O)NC6=O)C7=O)CC5)CC4)cn3)CC2)CN1c1ccc(C#N)c(Cl)c1. The maximum Gasteiger partial charge on any atom is 0.274 e. The molecule has 6 aliphatic heterocycles. The summed E-state index contributed by atoms with van der Waals surface area (Å²) in [6.07, 6.45) is 8.14. The molecule has 61 heavy (non-hydrogen) atoms. The molecule has 7 heterocycles. The largest absolute Gasteiger partial charge is 0.369 e. The molecule has 17 heteroatoms. The monoisotopic (exact) mass is 850 g/mol. The van der Waals surface area contributed by atoms with Gasteiger partial charge in [-0.15, -0.1) is 0 Å². The van der Waals surface area contributed by atoms with Crippen LogP contribution in [0.15, 0.2) is 42.7 Å². The molecule has 15 nitrogen and oxygen atoms in total. The number of imide groups is 2. The van der Waals surface area contributed by atoms with Crippen molar-refractivity contribution in [2.75, 3.05) is 80.1 Å². The van der Waals surface area contributed by atoms with Gasteiger partial charge in [0.25, 0.3) is 17.7 Å². The number of fused-ring (bicyclic) bond motifs is 1. The van der Waals surface area contributed by atoms with Gasteiger partial charge in [0.2, 0.25) is 11.8 Å². The first-order valence-corrected chi connectivity index (χ1v) is 21.6. The molecule has 5 amide bonds. The lowest BCUT2D eigenvalue weighted by Gasteiger charge is -2.40. The minimum Gasteiger partial charge on any atom is -0.369 e. The Hall–Kier alpha value is -5.66. The lowest BCUT2D eigenvalue weighted by molar-refractivity contribution is -0.136. The average Bonchev–Trinajstić information content (AvgIpc) is 3.71. The second kappa shape index (κ2) is 16.3. The first-order valence-electron chi connectivity index (χ1n) is 21.3. The molecule has 0 aliphatic carbocycles. The fourth-order valence-corrected chi connectivity index (χ4v) is 10.6. The number of piperazine rings is 1. The Balaban J connectivity index is 0.725. The van der Waals surface area contributed by atoms with E-state index in [9.17, 15) is 29.2 Å². The van der Waals surface area contributed by atoms with Crippen LogP contribution in [0, 0.1) is 28.5 Å². The van der Waals surface area contributed by atoms with E-state index in [1.54, 1.807) is 18.5 Å². The number of amides is 5. The molecule has 1 N–H and O–H groups in total. The summed E-state index contributed by atoms with van der Waals surface area (Å²) in [5, 5.41) is 11.9. The van der Waals surface area contributed by atoms with Crippen LogP contribution < -0.4 is 20.0 Å². The number of piperidine rings is 3. The van der Waals surface area contributed by atoms with Crippen molar-refractivity contribution in [2.24, 2.45) is 11.3 Å². The van der Waals surface area contributed by atoms with Crippen LogP contribution in [0.5, 0.6) is 0 Å². The van der Waals surface area contributed by atoms with Crippen molar-refractivity contribution in [1.82, 2.24) is 30.0 Å². The van der Waals surface area contributed by atoms with E-state index in [0.717, 1.165) is 93.8 Å². The third kappa shape index (κ3) is 7.78. The Morgan fingerprint density at radius 2 is 1.64 bits per heavy atom. The molecule has 1 aromatic heterocycles. The maximum absolute atomic E-state index is 15.5. The molecule has 0 radical (unpaired) electrons. The Kier molecular flexibility index (Phi) is 10.9. The fourth-order valence-electron chi connectivity index (χ4n) is 10.3. The molecule has 3 aromatic rings. The number of hydrogen-bond acceptors (Lipinski definition) is 12. The summed E-state index contributed by atoms with van der Waals surface area (Å²) in [5.74, 6) is -2.10. The predicted octanol–water partition coefficient (Wildman–Crippen LogP) is 4.10. The van der Waals surface area contributed by atoms with Crippen molar-refractivity contribution in [3.8, 4) is 6.07 Å². The Morgan fingerprint density at radius 3 is 2.30 bits per heavy atom. The van der Waals surface area contributed by atoms with Crippen LogP contribution in [0.3, 0.4) is 0 Å². The van der Waals surface area contributed by atoms with E-state index in [-0.39, 0.29) is 41.0 Å². The van der Waals surface area contributed by atoms with Gasteiger partial charge in [-0.05, 0) is 87.1 Å². The predicted molar refractivity (Wildman–Crippen MR) is 224 cm³/mol. The fraction of sp³-hybridized carbons (Fsp3) is 0.500. The number of anilines is 3. The first kappa shape index (κ1) is 40.7. The molecule has 5 saturated heterocycles. The van der Waals surface area contributed by atoms with Crippen LogP contribution in [0.25, 0.3) is 0 Å². The minimum atomic E-state index is -1.11. The summed E-state index contributed by atoms with van der Waals surface area (Å²) < 4.78 is 15.5. The molecule has 0 bridgehead atoms. The van der Waals surface area contributed by atoms with Crippen molar-refractivity contribution >= 4 is 58.3 Å². The molecular weight excluding hydrogens is 803 g/mol. The number of halogens is 2. The lowest BCUT2D eigenvalue weighted by atomic mass is 9.77. The van der Waals surface area contributed by atoms with Crippen molar-refractivity contribution in [3.63, 3.8) is 0 Å². The van der Waals surface area contributed by atoms with E-state index < -0.39 is 35.5 Å². The number of hydrogen-bond donors (Lipinski definition) is 1. The van der Waals surface area contributed by atoms with Gasteiger partial charge in [0.05, 0.1) is 39.8 Å². The number of nitrogens with zero attached hydrogens (tertiary/aromatic N) is 9. The van der Waals surface area contributed by atoms with Crippen molar-refractivity contribution in [1.29, 1.82) is 5.26 Å². The van der Waals surface area contributed by atoms with Crippen molar-refractivity contribution < 1.29 is 28.4 Å². The number of carbonyl (C=O) groups is 5. The zero-order chi connectivity index (χ0) is 42.6. The van der Waals surface area contributed by atoms with Crippen molar-refractivity contribution in [3.05, 3.63) is 75.9 Å². The van der Waals surface area contributed by atoms with Crippen LogP contribution in [-0.2, 0) is 9.59 Å². The lowest BCUT2D eigenvalue weighted by Crippen LogP contribution is -2.54. The average molecular weight is 851 g/mol. The summed E-state index contributed by atoms with van der Waals surface area (Å²) >= 11 is 6.36. The molecule has 1 spiro atoms. The number of benzene rings is 2. The molecule has 5 fully saturated rings. The summed E-state index contributed by atoms with van der Waals surface area (Å²) in [5.41, 5.74) is 2.33. The normalized spacial score (nSPS) is 23.5. The molecule has 2 aromatic carbocycles. The third-order valence-corrected chi connectivity index (χ3v) is 14.1. The van der Waals surface area contributed by atoms with Crippen LogP contribution >= 0.6 is 11.6 Å². The first-order chi connectivity index (χ1) is 29.4. The second-order valence-electron chi connectivity index (χ2n) is 17.5. The van der Waals surface area contributed by atoms with Crippen LogP contribution in [0.4, 0.5) is 21.6 Å². The molecule has 318 valence electrons. The summed E-state index contributed by atoms with van der Waals surface area (Å²) in [6.45, 7) is 9.59. The van der Waals surface area contributed by atoms with E-state index in [0.29, 0.717) is 54.4 Å². The molecule has 1 unspecified atom stereocenters. The van der Waals surface area contributed by atoms with Gasteiger partial charge in [0.1, 0.15) is 29.4 Å². The van der Waals surface area contributed by atoms with Gasteiger partial charge in [-0.3, -0.25) is 39.1 Å². The number of carbonyl (C=O) groups excluding carboxylic acids is 5. The Morgan fingerprint density at radius 1 is 0.918 bits per heavy atom. The smallest absolute Gasteiger partial charge is 0.274 e. The van der Waals surface area contributed by atoms with Gasteiger partial charge in [0.15, 0.2) is 0 Å². The van der Waals surface area contributed by atoms with Gasteiger partial charge >= 0.3 is 0 Å². The highest BCUT2D eigenvalue weighted by Crippen LogP contribution is 2.46. The highest BCUT2D eigenvalue weighted by molar-refractivity contribution is 6.32. The second-order valence-corrected chi connectivity index (χ2v) is 17.9. The van der Waals surface area contributed by atoms with Gasteiger partial charge in [-0.1, -0.05) is 11.6 Å². The van der Waals surface area contributed by atoms with E-state index in [2.05, 4.69) is 43.0 Å². The van der Waals surface area contributed by atoms with Gasteiger partial charge in [-0.25, -0.2) is 14.4 Å². The number of nitriles is 1. The number of aromatic nitrogens is 2. The Labute approximate surface area is 358 Å². The quantitative estimate of drug-likeness (QED) is 0.339. The topological polar surface area (TPSA) is 166 Å². The van der Waals surface area contributed by atoms with E-state index >= 15 is 4.39 Å². The third-order valence-electron chi connectivity index (χ3n) is 13.8. The molecule has 6 aliphatic rings. The van der Waals surface area contributed by atoms with Gasteiger partial charge in [-0.2, -0.15) is 5.26 Å². The standard InChI is InChI=1S/C44H48ClFN10O5/c1-27-21-44(26-55(27)30-3-2-29(22-47)33(45)18-30)8-12-53(13-9-44)38-24-48-35(23-49-38)43(61)54-16-14-51(15-17-54)25-28-6-10-52(11-7-28)37-20-32-31(19-34(37)46)41(59)56(42(32)60)36-4-5-39(57)50-40(36)58/h2-3,18-20,23-24,27-28,36H,4-17,21,25-26H2,1H3,(H,50,57,58)/t27-,36?/m0/s1. The van der Waals surface area contributed by atoms with E-state index in [4.69, 9.17) is 11.6 Å². The zero-order valence-electron chi connectivity index (χ0n) is 34.1. The number of rotatable bonds is 7. The summed E-state index contributed by atoms with van der Waals surface area (Å²) in [7, 11) is 0. The molecule has 9 rings (SSSR count). The zero-order valence-corrected chi connectivity index (χ0v) is 34.9. The van der Waals surface area contributed by atoms with Gasteiger partial charge < -0.3 is 19.6 Å². The molecule has 2 atom stereocenters. The summed E-state index contributed by atoms with van der Waals surface area (Å²) in [6, 6.07) is 9.61. The van der Waals surface area contributed by atoms with E-state index in [1.165, 1.54) is 6.07 Å². The van der Waals surface area contributed by atoms with Gasteiger partial charge in [0, 0.05) is 83.6 Å². The van der Waals surface area contributed by atoms with Crippen molar-refractivity contribution in [2.45, 2.75) is 64.0 Å². The highest BCUT2D eigenvalue weighted by atomic mass is 35.5. The van der Waals surface area contributed by atoms with Crippen LogP contribution in [-0.4, -0.2) is 132 Å². The summed E-state index contributed by atoms with van der Waals surface area (Å²) in [4.78, 5) is 84.9. The van der Waals surface area contributed by atoms with E-state index in [1.807, 2.05) is 21.9 Å². The molecule has 0 saturated carbocycles. The van der Waals surface area contributed by atoms with Crippen LogP contribution in [0.2, 0.25) is 5.02 Å². The Bertz CT molecular complexity index is 2320. The minimum absolute atomic E-state index is 0.0124. The number of nitrogens with one attached hydrogen (secondary N) is 1. The highest BCUT2D eigenvalue weighted by Gasteiger charge is 2.46. The maximum atomic E-state index is 15.5.